The lowest BCUT2D eigenvalue weighted by molar-refractivity contribution is -0.0967. The fourth-order valence-electron chi connectivity index (χ4n) is 10.5. The number of phenolic OH excluding ortho intramolecular Hbond substituents is 1. The van der Waals surface area contributed by atoms with Crippen LogP contribution in [0, 0.1) is 17.0 Å². The molecule has 16 heteroatoms. The second-order valence-corrected chi connectivity index (χ2v) is 17.6. The molecule has 1 saturated carbocycles. The monoisotopic (exact) mass is 844 g/mol. The summed E-state index contributed by atoms with van der Waals surface area (Å²) in [6.45, 7) is 6.82. The van der Waals surface area contributed by atoms with E-state index in [1.807, 2.05) is 4.90 Å². The van der Waals surface area contributed by atoms with E-state index in [0.717, 1.165) is 51.5 Å². The maximum atomic E-state index is 17.5. The summed E-state index contributed by atoms with van der Waals surface area (Å²) in [4.78, 5) is 33.6. The minimum Gasteiger partial charge on any atom is -0.508 e. The van der Waals surface area contributed by atoms with Crippen molar-refractivity contribution in [3.8, 4) is 28.9 Å². The van der Waals surface area contributed by atoms with Gasteiger partial charge in [-0.3, -0.25) is 14.4 Å². The SMILES string of the molecule is COc1nc(-c2cc(O)cc3cccc(F)c23)c(F)c2nc(OCC34CCCC3N(C3CC(C)OC(C)C3)CCC4)nc(N3CCCn4nc(C(=O)N(C)C)c(Cl)c4C3)c12. The third kappa shape index (κ3) is 7.05. The first-order chi connectivity index (χ1) is 28.9. The number of pyridine rings is 1. The first-order valence-electron chi connectivity index (χ1n) is 21.0. The maximum Gasteiger partial charge on any atom is 0.319 e. The Morgan fingerprint density at radius 2 is 1.82 bits per heavy atom. The molecular formula is C44H51ClF2N8O5. The molecule has 0 radical (unpaired) electrons. The molecule has 13 nitrogen and oxygen atoms in total. The Balaban J connectivity index is 1.16. The number of nitrogens with zero attached hydrogens (tertiary/aromatic N) is 8. The minimum absolute atomic E-state index is 0.000370. The van der Waals surface area contributed by atoms with Crippen LogP contribution in [-0.4, -0.2) is 111 Å². The Hall–Kier alpha value is -4.86. The van der Waals surface area contributed by atoms with Crippen LogP contribution >= 0.6 is 11.6 Å². The molecule has 2 saturated heterocycles. The second kappa shape index (κ2) is 15.9. The number of aromatic hydroxyl groups is 1. The van der Waals surface area contributed by atoms with E-state index in [2.05, 4.69) is 28.8 Å². The van der Waals surface area contributed by atoms with Crippen molar-refractivity contribution in [3.05, 3.63) is 58.4 Å². The van der Waals surface area contributed by atoms with E-state index >= 15 is 8.78 Å². The maximum absolute atomic E-state index is 17.5. The largest absolute Gasteiger partial charge is 0.508 e. The summed E-state index contributed by atoms with van der Waals surface area (Å²) in [5, 5.41) is 16.2. The average molecular weight is 845 g/mol. The molecule has 3 fully saturated rings. The number of phenols is 1. The topological polar surface area (TPSA) is 131 Å². The van der Waals surface area contributed by atoms with Gasteiger partial charge >= 0.3 is 6.01 Å². The summed E-state index contributed by atoms with van der Waals surface area (Å²) in [5.41, 5.74) is 0.267. The standard InChI is InChI=1S/C44H51ClF2N8O5/c1-24-18-27(19-25(2)60-24)54-16-8-14-44(13-7-12-32(44)54)23-59-43-49-38-34(40(50-43)53-15-9-17-55-31(22-53)35(45)39(51-55)42(57)52(3)4)41(58-5)48-37(36(38)47)29-21-28(56)20-26-10-6-11-30(46)33(26)29/h6,10-11,20-21,24-25,27,32,56H,7-9,12-19,22-23H2,1-5H3. The van der Waals surface area contributed by atoms with E-state index in [1.165, 1.54) is 36.3 Å². The normalized spacial score (nSPS) is 24.6. The van der Waals surface area contributed by atoms with Crippen molar-refractivity contribution < 1.29 is 32.9 Å². The van der Waals surface area contributed by atoms with Crippen molar-refractivity contribution >= 4 is 45.0 Å². The molecule has 9 rings (SSSR count). The van der Waals surface area contributed by atoms with Crippen LogP contribution in [0.3, 0.4) is 0 Å². The van der Waals surface area contributed by atoms with Gasteiger partial charge in [0, 0.05) is 55.6 Å². The molecule has 3 aromatic heterocycles. The van der Waals surface area contributed by atoms with Crippen LogP contribution in [0.2, 0.25) is 5.02 Å². The van der Waals surface area contributed by atoms with Gasteiger partial charge < -0.3 is 29.1 Å². The lowest BCUT2D eigenvalue weighted by Crippen LogP contribution is -2.57. The predicted molar refractivity (Wildman–Crippen MR) is 224 cm³/mol. The molecule has 4 atom stereocenters. The zero-order valence-corrected chi connectivity index (χ0v) is 35.4. The van der Waals surface area contributed by atoms with Gasteiger partial charge in [0.25, 0.3) is 5.91 Å². The summed E-state index contributed by atoms with van der Waals surface area (Å²) >= 11 is 6.90. The third-order valence-electron chi connectivity index (χ3n) is 13.1. The average Bonchev–Trinajstić information content (AvgIpc) is 3.71. The van der Waals surface area contributed by atoms with Crippen LogP contribution in [0.5, 0.6) is 17.6 Å². The molecule has 60 heavy (non-hydrogen) atoms. The van der Waals surface area contributed by atoms with Crippen molar-refractivity contribution in [2.45, 2.75) is 103 Å². The molecule has 0 bridgehead atoms. The quantitative estimate of drug-likeness (QED) is 0.164. The Morgan fingerprint density at radius 3 is 2.58 bits per heavy atom. The van der Waals surface area contributed by atoms with Crippen molar-refractivity contribution in [2.24, 2.45) is 5.41 Å². The molecule has 1 N–H and O–H groups in total. The number of piperidine rings is 1. The highest BCUT2D eigenvalue weighted by atomic mass is 35.5. The lowest BCUT2D eigenvalue weighted by Gasteiger charge is -2.51. The van der Waals surface area contributed by atoms with E-state index in [4.69, 9.17) is 35.8 Å². The van der Waals surface area contributed by atoms with Crippen LogP contribution in [0.25, 0.3) is 32.9 Å². The first kappa shape index (κ1) is 40.5. The molecule has 6 heterocycles. The molecule has 2 aromatic carbocycles. The summed E-state index contributed by atoms with van der Waals surface area (Å²) < 4.78 is 53.5. The van der Waals surface area contributed by atoms with Crippen molar-refractivity contribution in [1.29, 1.82) is 0 Å². The molecular weight excluding hydrogens is 794 g/mol. The van der Waals surface area contributed by atoms with Crippen molar-refractivity contribution in [3.63, 3.8) is 0 Å². The molecule has 4 unspecified atom stereocenters. The number of rotatable bonds is 8. The van der Waals surface area contributed by atoms with Crippen LogP contribution < -0.4 is 14.4 Å². The zero-order chi connectivity index (χ0) is 42.0. The molecule has 0 spiro atoms. The van der Waals surface area contributed by atoms with E-state index in [-0.39, 0.29) is 86.0 Å². The summed E-state index contributed by atoms with van der Waals surface area (Å²) in [7, 11) is 4.70. The van der Waals surface area contributed by atoms with Crippen LogP contribution in [0.4, 0.5) is 14.6 Å². The number of amides is 1. The highest BCUT2D eigenvalue weighted by molar-refractivity contribution is 6.34. The number of carbonyl (C=O) groups excluding carboxylic acids is 1. The second-order valence-electron chi connectivity index (χ2n) is 17.3. The van der Waals surface area contributed by atoms with Gasteiger partial charge in [-0.2, -0.15) is 15.1 Å². The van der Waals surface area contributed by atoms with Gasteiger partial charge in [0.15, 0.2) is 11.5 Å². The van der Waals surface area contributed by atoms with Crippen LogP contribution in [0.15, 0.2) is 30.3 Å². The first-order valence-corrected chi connectivity index (χ1v) is 21.4. The fraction of sp³-hybridized carbons (Fsp3) is 0.523. The van der Waals surface area contributed by atoms with Gasteiger partial charge in [-0.25, -0.2) is 13.8 Å². The number of hydrogen-bond donors (Lipinski definition) is 1. The Kier molecular flexibility index (Phi) is 10.7. The number of halogens is 3. The molecule has 4 aliphatic rings. The highest BCUT2D eigenvalue weighted by Gasteiger charge is 2.51. The Morgan fingerprint density at radius 1 is 1.03 bits per heavy atom. The van der Waals surface area contributed by atoms with Gasteiger partial charge in [-0.1, -0.05) is 30.2 Å². The lowest BCUT2D eigenvalue weighted by atomic mass is 9.74. The van der Waals surface area contributed by atoms with Crippen LogP contribution in [-0.2, 0) is 17.8 Å². The molecule has 318 valence electrons. The molecule has 5 aromatic rings. The van der Waals surface area contributed by atoms with Gasteiger partial charge in [0.05, 0.1) is 43.2 Å². The van der Waals surface area contributed by atoms with Gasteiger partial charge in [-0.15, -0.1) is 0 Å². The molecule has 1 aliphatic carbocycles. The number of aryl methyl sites for hydroxylation is 1. The number of benzene rings is 2. The number of fused-ring (bicyclic) bond motifs is 4. The van der Waals surface area contributed by atoms with Gasteiger partial charge in [-0.05, 0) is 88.9 Å². The van der Waals surface area contributed by atoms with Crippen molar-refractivity contribution in [1.82, 2.24) is 34.5 Å². The third-order valence-corrected chi connectivity index (χ3v) is 13.5. The van der Waals surface area contributed by atoms with Crippen LogP contribution in [0.1, 0.15) is 81.4 Å². The summed E-state index contributed by atoms with van der Waals surface area (Å²) in [5.74, 6) is -1.65. The summed E-state index contributed by atoms with van der Waals surface area (Å²) in [6, 6.07) is 7.90. The van der Waals surface area contributed by atoms with Gasteiger partial charge in [0.1, 0.15) is 34.0 Å². The smallest absolute Gasteiger partial charge is 0.319 e. The van der Waals surface area contributed by atoms with Gasteiger partial charge in [0.2, 0.25) is 5.88 Å². The van der Waals surface area contributed by atoms with E-state index in [0.29, 0.717) is 55.1 Å². The number of methoxy groups -OCH3 is 1. The molecule has 1 amide bonds. The Bertz CT molecular complexity index is 2480. The Labute approximate surface area is 352 Å². The number of ether oxygens (including phenoxy) is 3. The van der Waals surface area contributed by atoms with E-state index in [9.17, 15) is 9.90 Å². The minimum atomic E-state index is -0.852. The number of anilines is 1. The number of hydrogen-bond acceptors (Lipinski definition) is 11. The van der Waals surface area contributed by atoms with E-state index < -0.39 is 11.6 Å². The number of likely N-dealkylation sites (tertiary alicyclic amines) is 1. The summed E-state index contributed by atoms with van der Waals surface area (Å²) in [6.07, 6.45) is 8.17. The predicted octanol–water partition coefficient (Wildman–Crippen LogP) is 7.77. The van der Waals surface area contributed by atoms with E-state index in [1.54, 1.807) is 24.8 Å². The zero-order valence-electron chi connectivity index (χ0n) is 34.7. The number of carbonyl (C=O) groups is 1. The van der Waals surface area contributed by atoms with Crippen molar-refractivity contribution in [2.75, 3.05) is 45.8 Å². The highest BCUT2D eigenvalue weighted by Crippen LogP contribution is 2.50. The number of aromatic nitrogens is 5. The molecule has 3 aliphatic heterocycles. The fourth-order valence-corrected chi connectivity index (χ4v) is 10.8.